The molecule has 1 atom stereocenters. The Labute approximate surface area is 134 Å². The average molecular weight is 320 g/mol. The van der Waals surface area contributed by atoms with Gasteiger partial charge in [-0.05, 0) is 37.8 Å². The molecule has 2 aromatic rings. The lowest BCUT2D eigenvalue weighted by Gasteiger charge is -2.34. The van der Waals surface area contributed by atoms with Crippen molar-refractivity contribution in [1.82, 2.24) is 15.1 Å². The molecule has 0 bridgehead atoms. The molecule has 1 aromatic carbocycles. The van der Waals surface area contributed by atoms with Crippen LogP contribution in [0, 0.1) is 0 Å². The van der Waals surface area contributed by atoms with Gasteiger partial charge in [-0.3, -0.25) is 4.79 Å². The molecule has 5 nitrogen and oxygen atoms in total. The van der Waals surface area contributed by atoms with Gasteiger partial charge in [0.25, 0.3) is 0 Å². The summed E-state index contributed by atoms with van der Waals surface area (Å²) in [5.41, 5.74) is 0.640. The second-order valence-corrected chi connectivity index (χ2v) is 5.86. The molecule has 0 spiro atoms. The summed E-state index contributed by atoms with van der Waals surface area (Å²) in [6, 6.07) is 7.47. The normalized spacial score (nSPS) is 18.5. The third kappa shape index (κ3) is 2.86. The van der Waals surface area contributed by atoms with E-state index in [1.54, 1.807) is 12.1 Å². The van der Waals surface area contributed by atoms with Gasteiger partial charge in [-0.2, -0.15) is 0 Å². The molecule has 22 heavy (non-hydrogen) atoms. The van der Waals surface area contributed by atoms with Crippen LogP contribution in [0.1, 0.15) is 43.3 Å². The second kappa shape index (κ2) is 6.48. The second-order valence-electron chi connectivity index (χ2n) is 5.45. The van der Waals surface area contributed by atoms with Gasteiger partial charge in [0.15, 0.2) is 0 Å². The lowest BCUT2D eigenvalue weighted by Crippen LogP contribution is -2.43. The van der Waals surface area contributed by atoms with E-state index in [4.69, 9.17) is 16.0 Å². The van der Waals surface area contributed by atoms with Gasteiger partial charge in [-0.1, -0.05) is 30.7 Å². The highest BCUT2D eigenvalue weighted by Gasteiger charge is 2.29. The van der Waals surface area contributed by atoms with Gasteiger partial charge in [0.1, 0.15) is 0 Å². The van der Waals surface area contributed by atoms with Crippen molar-refractivity contribution in [2.45, 2.75) is 38.6 Å². The van der Waals surface area contributed by atoms with Gasteiger partial charge < -0.3 is 9.32 Å². The zero-order chi connectivity index (χ0) is 15.5. The van der Waals surface area contributed by atoms with Crippen LogP contribution < -0.4 is 0 Å². The highest BCUT2D eigenvalue weighted by molar-refractivity contribution is 6.33. The fourth-order valence-electron chi connectivity index (χ4n) is 2.87. The molecule has 1 fully saturated rings. The topological polar surface area (TPSA) is 59.2 Å². The number of likely N-dealkylation sites (tertiary alicyclic amines) is 1. The number of rotatable bonds is 3. The number of piperidine rings is 1. The van der Waals surface area contributed by atoms with Crippen LogP contribution in [0.3, 0.4) is 0 Å². The molecule has 1 aliphatic heterocycles. The van der Waals surface area contributed by atoms with E-state index in [0.29, 0.717) is 10.6 Å². The number of carbonyl (C=O) groups excluding carboxylic acids is 1. The molecule has 116 valence electrons. The molecule has 3 rings (SSSR count). The Balaban J connectivity index is 1.84. The predicted octanol–water partition coefficient (Wildman–Crippen LogP) is 3.79. The molecule has 0 radical (unpaired) electrons. The number of carbonyl (C=O) groups is 1. The van der Waals surface area contributed by atoms with Crippen molar-refractivity contribution >= 4 is 17.5 Å². The van der Waals surface area contributed by atoms with Crippen molar-refractivity contribution in [3.63, 3.8) is 0 Å². The standard InChI is InChI=1S/C16H18ClN3O2/c1-2-11-7-5-6-10-20(11)16(21)15-19-18-14(22-15)12-8-3-4-9-13(12)17/h3-4,8-9,11H,2,5-7,10H2,1H3. The molecule has 0 N–H and O–H groups in total. The van der Waals surface area contributed by atoms with Crippen LogP contribution in [-0.2, 0) is 0 Å². The summed E-state index contributed by atoms with van der Waals surface area (Å²) in [7, 11) is 0. The first-order valence-electron chi connectivity index (χ1n) is 7.60. The highest BCUT2D eigenvalue weighted by atomic mass is 35.5. The van der Waals surface area contributed by atoms with Crippen LogP contribution in [0.5, 0.6) is 0 Å². The first-order valence-corrected chi connectivity index (χ1v) is 7.98. The van der Waals surface area contributed by atoms with Crippen LogP contribution in [0.2, 0.25) is 5.02 Å². The van der Waals surface area contributed by atoms with E-state index in [0.717, 1.165) is 32.2 Å². The Bertz CT molecular complexity index is 671. The summed E-state index contributed by atoms with van der Waals surface area (Å²) >= 11 is 6.12. The first-order chi connectivity index (χ1) is 10.7. The Hall–Kier alpha value is -1.88. The van der Waals surface area contributed by atoms with Gasteiger partial charge in [0.2, 0.25) is 5.89 Å². The molecule has 0 aliphatic carbocycles. The van der Waals surface area contributed by atoms with E-state index in [1.165, 1.54) is 0 Å². The molecule has 1 unspecified atom stereocenters. The zero-order valence-corrected chi connectivity index (χ0v) is 13.2. The number of amides is 1. The van der Waals surface area contributed by atoms with Crippen molar-refractivity contribution in [2.75, 3.05) is 6.54 Å². The van der Waals surface area contributed by atoms with Crippen molar-refractivity contribution in [3.8, 4) is 11.5 Å². The van der Waals surface area contributed by atoms with Crippen molar-refractivity contribution in [2.24, 2.45) is 0 Å². The zero-order valence-electron chi connectivity index (χ0n) is 12.5. The molecule has 1 saturated heterocycles. The van der Waals surface area contributed by atoms with Gasteiger partial charge >= 0.3 is 11.8 Å². The summed E-state index contributed by atoms with van der Waals surface area (Å²) in [4.78, 5) is 14.4. The van der Waals surface area contributed by atoms with Crippen LogP contribution in [0.15, 0.2) is 28.7 Å². The van der Waals surface area contributed by atoms with E-state index >= 15 is 0 Å². The molecule has 0 saturated carbocycles. The summed E-state index contributed by atoms with van der Waals surface area (Å²) in [6.07, 6.45) is 4.16. The molecule has 1 aliphatic rings. The fourth-order valence-corrected chi connectivity index (χ4v) is 3.08. The highest BCUT2D eigenvalue weighted by Crippen LogP contribution is 2.27. The van der Waals surface area contributed by atoms with Crippen LogP contribution in [0.4, 0.5) is 0 Å². The quantitative estimate of drug-likeness (QED) is 0.863. The predicted molar refractivity (Wildman–Crippen MR) is 83.7 cm³/mol. The first kappa shape index (κ1) is 15.0. The van der Waals surface area contributed by atoms with Gasteiger partial charge in [-0.25, -0.2) is 0 Å². The Morgan fingerprint density at radius 1 is 1.36 bits per heavy atom. The van der Waals surface area contributed by atoms with E-state index in [1.807, 2.05) is 17.0 Å². The van der Waals surface area contributed by atoms with Crippen LogP contribution in [-0.4, -0.2) is 33.6 Å². The Kier molecular flexibility index (Phi) is 4.43. The minimum Gasteiger partial charge on any atom is -0.412 e. The van der Waals surface area contributed by atoms with Gasteiger partial charge in [0.05, 0.1) is 10.6 Å². The lowest BCUT2D eigenvalue weighted by atomic mass is 10.00. The van der Waals surface area contributed by atoms with Crippen molar-refractivity contribution < 1.29 is 9.21 Å². The molecule has 1 aromatic heterocycles. The summed E-state index contributed by atoms with van der Waals surface area (Å²) < 4.78 is 5.56. The maximum atomic E-state index is 12.6. The Morgan fingerprint density at radius 2 is 2.18 bits per heavy atom. The maximum Gasteiger partial charge on any atom is 0.311 e. The SMILES string of the molecule is CCC1CCCCN1C(=O)c1nnc(-c2ccccc2Cl)o1. The number of hydrogen-bond donors (Lipinski definition) is 0. The lowest BCUT2D eigenvalue weighted by molar-refractivity contribution is 0.0568. The molecular weight excluding hydrogens is 302 g/mol. The Morgan fingerprint density at radius 3 is 2.95 bits per heavy atom. The third-order valence-electron chi connectivity index (χ3n) is 4.07. The van der Waals surface area contributed by atoms with E-state index < -0.39 is 0 Å². The van der Waals surface area contributed by atoms with Crippen LogP contribution >= 0.6 is 11.6 Å². The molecule has 2 heterocycles. The summed E-state index contributed by atoms with van der Waals surface area (Å²) in [5, 5.41) is 8.40. The third-order valence-corrected chi connectivity index (χ3v) is 4.40. The number of halogens is 1. The fraction of sp³-hybridized carbons (Fsp3) is 0.438. The number of benzene rings is 1. The summed E-state index contributed by atoms with van der Waals surface area (Å²) in [6.45, 7) is 2.85. The van der Waals surface area contributed by atoms with Crippen LogP contribution in [0.25, 0.3) is 11.5 Å². The van der Waals surface area contributed by atoms with Crippen molar-refractivity contribution in [3.05, 3.63) is 35.2 Å². The smallest absolute Gasteiger partial charge is 0.311 e. The number of nitrogens with zero attached hydrogens (tertiary/aromatic N) is 3. The monoisotopic (exact) mass is 319 g/mol. The largest absolute Gasteiger partial charge is 0.412 e. The molecule has 1 amide bonds. The number of aromatic nitrogens is 2. The molecule has 6 heteroatoms. The van der Waals surface area contributed by atoms with Crippen molar-refractivity contribution in [1.29, 1.82) is 0 Å². The number of hydrogen-bond acceptors (Lipinski definition) is 4. The van der Waals surface area contributed by atoms with Gasteiger partial charge in [-0.15, -0.1) is 10.2 Å². The van der Waals surface area contributed by atoms with E-state index in [2.05, 4.69) is 17.1 Å². The van der Waals surface area contributed by atoms with Gasteiger partial charge in [0, 0.05) is 12.6 Å². The van der Waals surface area contributed by atoms with E-state index in [-0.39, 0.29) is 23.7 Å². The summed E-state index contributed by atoms with van der Waals surface area (Å²) in [5.74, 6) is 0.131. The maximum absolute atomic E-state index is 12.6. The minimum absolute atomic E-state index is 0.0373. The molecular formula is C16H18ClN3O2. The minimum atomic E-state index is -0.183. The average Bonchev–Trinajstić information content (AvgIpc) is 3.04. The van der Waals surface area contributed by atoms with E-state index in [9.17, 15) is 4.79 Å².